The Bertz CT molecular complexity index is 610. The molecule has 0 spiro atoms. The molecule has 2 aromatic carbocycles. The average Bonchev–Trinajstić information content (AvgIpc) is 2.42. The first kappa shape index (κ1) is 15.0. The topological polar surface area (TPSA) is 12.0 Å². The van der Waals surface area contributed by atoms with E-state index < -0.39 is 0 Å². The van der Waals surface area contributed by atoms with Crippen molar-refractivity contribution >= 4 is 11.6 Å². The molecule has 1 unspecified atom stereocenters. The van der Waals surface area contributed by atoms with E-state index in [4.69, 9.17) is 11.6 Å². The van der Waals surface area contributed by atoms with Crippen LogP contribution in [-0.4, -0.2) is 6.54 Å². The van der Waals surface area contributed by atoms with Crippen molar-refractivity contribution in [3.05, 3.63) is 69.5 Å². The van der Waals surface area contributed by atoms with Gasteiger partial charge in [-0.05, 0) is 60.8 Å². The van der Waals surface area contributed by atoms with Crippen molar-refractivity contribution in [2.24, 2.45) is 0 Å². The highest BCUT2D eigenvalue weighted by Crippen LogP contribution is 2.28. The SMILES string of the molecule is CCNC(c1ccc(C)c(F)c1)c1cc(Cl)ccc1C. The Morgan fingerprint density at radius 2 is 1.80 bits per heavy atom. The van der Waals surface area contributed by atoms with Crippen LogP contribution >= 0.6 is 11.6 Å². The quantitative estimate of drug-likeness (QED) is 0.853. The van der Waals surface area contributed by atoms with Crippen molar-refractivity contribution in [3.63, 3.8) is 0 Å². The maximum absolute atomic E-state index is 13.8. The first-order valence-corrected chi connectivity index (χ1v) is 7.16. The standard InChI is InChI=1S/C17H19ClFN/c1-4-20-17(13-7-5-12(3)16(19)9-13)15-10-14(18)8-6-11(15)2/h5-10,17,20H,4H2,1-3H3. The fourth-order valence-electron chi connectivity index (χ4n) is 2.32. The van der Waals surface area contributed by atoms with Crippen LogP contribution < -0.4 is 5.32 Å². The minimum Gasteiger partial charge on any atom is -0.307 e. The number of aryl methyl sites for hydroxylation is 2. The molecule has 0 amide bonds. The van der Waals surface area contributed by atoms with Gasteiger partial charge in [-0.1, -0.05) is 36.7 Å². The van der Waals surface area contributed by atoms with Gasteiger partial charge in [0.1, 0.15) is 5.82 Å². The molecule has 0 aliphatic rings. The zero-order chi connectivity index (χ0) is 14.7. The molecule has 20 heavy (non-hydrogen) atoms. The molecule has 0 fully saturated rings. The van der Waals surface area contributed by atoms with Crippen LogP contribution in [0.4, 0.5) is 4.39 Å². The van der Waals surface area contributed by atoms with Gasteiger partial charge in [-0.3, -0.25) is 0 Å². The molecule has 1 atom stereocenters. The van der Waals surface area contributed by atoms with E-state index in [2.05, 4.69) is 5.32 Å². The Morgan fingerprint density at radius 3 is 2.45 bits per heavy atom. The number of benzene rings is 2. The monoisotopic (exact) mass is 291 g/mol. The third-order valence-corrected chi connectivity index (χ3v) is 3.72. The van der Waals surface area contributed by atoms with Gasteiger partial charge >= 0.3 is 0 Å². The Labute approximate surface area is 124 Å². The summed E-state index contributed by atoms with van der Waals surface area (Å²) in [4.78, 5) is 0. The normalized spacial score (nSPS) is 12.4. The van der Waals surface area contributed by atoms with Crippen molar-refractivity contribution < 1.29 is 4.39 Å². The number of nitrogens with one attached hydrogen (secondary N) is 1. The second kappa shape index (κ2) is 6.38. The minimum absolute atomic E-state index is 0.0474. The summed E-state index contributed by atoms with van der Waals surface area (Å²) in [5.74, 6) is -0.176. The lowest BCUT2D eigenvalue weighted by atomic mass is 9.94. The molecule has 0 bridgehead atoms. The van der Waals surface area contributed by atoms with Crippen molar-refractivity contribution in [2.45, 2.75) is 26.8 Å². The summed E-state index contributed by atoms with van der Waals surface area (Å²) in [7, 11) is 0. The van der Waals surface area contributed by atoms with Crippen molar-refractivity contribution in [1.82, 2.24) is 5.32 Å². The van der Waals surface area contributed by atoms with Crippen LogP contribution in [0.3, 0.4) is 0 Å². The summed E-state index contributed by atoms with van der Waals surface area (Å²) in [6.45, 7) is 6.65. The van der Waals surface area contributed by atoms with Gasteiger partial charge in [-0.25, -0.2) is 4.39 Å². The molecule has 0 radical (unpaired) electrons. The van der Waals surface area contributed by atoms with Gasteiger partial charge in [0, 0.05) is 5.02 Å². The summed E-state index contributed by atoms with van der Waals surface area (Å²) < 4.78 is 13.8. The molecule has 2 aromatic rings. The summed E-state index contributed by atoms with van der Waals surface area (Å²) in [5, 5.41) is 4.10. The summed E-state index contributed by atoms with van der Waals surface area (Å²) in [6, 6.07) is 11.1. The fourth-order valence-corrected chi connectivity index (χ4v) is 2.50. The number of rotatable bonds is 4. The molecule has 0 saturated carbocycles. The molecule has 1 N–H and O–H groups in total. The smallest absolute Gasteiger partial charge is 0.126 e. The minimum atomic E-state index is -0.176. The van der Waals surface area contributed by atoms with Crippen LogP contribution in [0.25, 0.3) is 0 Å². The lowest BCUT2D eigenvalue weighted by Crippen LogP contribution is -2.23. The third-order valence-electron chi connectivity index (χ3n) is 3.49. The maximum atomic E-state index is 13.8. The van der Waals surface area contributed by atoms with E-state index in [1.54, 1.807) is 13.0 Å². The fraction of sp³-hybridized carbons (Fsp3) is 0.294. The molecule has 3 heteroatoms. The summed E-state index contributed by atoms with van der Waals surface area (Å²) >= 11 is 6.10. The second-order valence-electron chi connectivity index (χ2n) is 5.00. The number of hydrogen-bond acceptors (Lipinski definition) is 1. The van der Waals surface area contributed by atoms with E-state index >= 15 is 0 Å². The highest BCUT2D eigenvalue weighted by Gasteiger charge is 2.16. The molecule has 2 rings (SSSR count). The van der Waals surface area contributed by atoms with Crippen LogP contribution in [0, 0.1) is 19.7 Å². The third kappa shape index (κ3) is 3.20. The predicted molar refractivity (Wildman–Crippen MR) is 82.8 cm³/mol. The van der Waals surface area contributed by atoms with Crippen molar-refractivity contribution in [1.29, 1.82) is 0 Å². The van der Waals surface area contributed by atoms with Crippen molar-refractivity contribution in [2.75, 3.05) is 6.54 Å². The maximum Gasteiger partial charge on any atom is 0.126 e. The molecular weight excluding hydrogens is 273 g/mol. The number of hydrogen-bond donors (Lipinski definition) is 1. The highest BCUT2D eigenvalue weighted by atomic mass is 35.5. The van der Waals surface area contributed by atoms with E-state index in [-0.39, 0.29) is 11.9 Å². The van der Waals surface area contributed by atoms with Gasteiger partial charge in [0.05, 0.1) is 6.04 Å². The Balaban J connectivity index is 2.49. The molecule has 0 heterocycles. The Kier molecular flexibility index (Phi) is 4.79. The van der Waals surface area contributed by atoms with Gasteiger partial charge in [-0.2, -0.15) is 0 Å². The van der Waals surface area contributed by atoms with Crippen LogP contribution in [0.2, 0.25) is 5.02 Å². The summed E-state index contributed by atoms with van der Waals surface area (Å²) in [5.41, 5.74) is 3.80. The Morgan fingerprint density at radius 1 is 1.10 bits per heavy atom. The van der Waals surface area contributed by atoms with Crippen molar-refractivity contribution in [3.8, 4) is 0 Å². The van der Waals surface area contributed by atoms with E-state index in [0.29, 0.717) is 10.6 Å². The zero-order valence-electron chi connectivity index (χ0n) is 12.0. The summed E-state index contributed by atoms with van der Waals surface area (Å²) in [6.07, 6.45) is 0. The predicted octanol–water partition coefficient (Wildman–Crippen LogP) is 4.79. The van der Waals surface area contributed by atoms with Crippen LogP contribution in [0.1, 0.15) is 35.2 Å². The molecular formula is C17H19ClFN. The Hall–Kier alpha value is -1.38. The highest BCUT2D eigenvalue weighted by molar-refractivity contribution is 6.30. The first-order valence-electron chi connectivity index (χ1n) is 6.78. The van der Waals surface area contributed by atoms with Crippen LogP contribution in [-0.2, 0) is 0 Å². The lowest BCUT2D eigenvalue weighted by molar-refractivity contribution is 0.596. The van der Waals surface area contributed by atoms with Gasteiger partial charge < -0.3 is 5.32 Å². The van der Waals surface area contributed by atoms with E-state index in [9.17, 15) is 4.39 Å². The van der Waals surface area contributed by atoms with E-state index in [1.165, 1.54) is 0 Å². The van der Waals surface area contributed by atoms with E-state index in [1.807, 2.05) is 44.2 Å². The molecule has 0 aliphatic heterocycles. The average molecular weight is 292 g/mol. The van der Waals surface area contributed by atoms with Gasteiger partial charge in [-0.15, -0.1) is 0 Å². The molecule has 1 nitrogen and oxygen atoms in total. The van der Waals surface area contributed by atoms with E-state index in [0.717, 1.165) is 23.2 Å². The molecule has 0 aromatic heterocycles. The van der Waals surface area contributed by atoms with Crippen LogP contribution in [0.15, 0.2) is 36.4 Å². The first-order chi connectivity index (χ1) is 9.52. The zero-order valence-corrected chi connectivity index (χ0v) is 12.8. The number of halogens is 2. The second-order valence-corrected chi connectivity index (χ2v) is 5.44. The van der Waals surface area contributed by atoms with Gasteiger partial charge in [0.25, 0.3) is 0 Å². The largest absolute Gasteiger partial charge is 0.307 e. The molecule has 106 valence electrons. The lowest BCUT2D eigenvalue weighted by Gasteiger charge is -2.21. The molecule has 0 saturated heterocycles. The van der Waals surface area contributed by atoms with Gasteiger partial charge in [0.15, 0.2) is 0 Å². The van der Waals surface area contributed by atoms with Crippen LogP contribution in [0.5, 0.6) is 0 Å². The van der Waals surface area contributed by atoms with Gasteiger partial charge in [0.2, 0.25) is 0 Å². The molecule has 0 aliphatic carbocycles.